The minimum absolute atomic E-state index is 0.267. The average Bonchev–Trinajstić information content (AvgIpc) is 2.97. The molecular formula is C35H25FN2O. The molecule has 2 heterocycles. The van der Waals surface area contributed by atoms with Gasteiger partial charge in [-0.25, -0.2) is 9.37 Å². The van der Waals surface area contributed by atoms with Gasteiger partial charge in [-0.3, -0.25) is 0 Å². The van der Waals surface area contributed by atoms with Crippen LogP contribution in [-0.2, 0) is 0 Å². The van der Waals surface area contributed by atoms with E-state index in [1.165, 1.54) is 17.7 Å². The van der Waals surface area contributed by atoms with E-state index in [0.717, 1.165) is 67.4 Å². The Bertz CT molecular complexity index is 1810. The Balaban J connectivity index is 1.57. The van der Waals surface area contributed by atoms with Gasteiger partial charge in [0.05, 0.1) is 28.3 Å². The first-order valence-electron chi connectivity index (χ1n) is 13.0. The summed E-state index contributed by atoms with van der Waals surface area (Å²) in [7, 11) is 0. The number of pyridine rings is 1. The number of para-hydroxylation sites is 4. The van der Waals surface area contributed by atoms with Crippen LogP contribution < -0.4 is 9.64 Å². The highest BCUT2D eigenvalue weighted by Crippen LogP contribution is 2.52. The summed E-state index contributed by atoms with van der Waals surface area (Å²) in [6, 6.07) is 37.7. The molecule has 0 saturated heterocycles. The van der Waals surface area contributed by atoms with Crippen LogP contribution in [0.2, 0.25) is 0 Å². The molecule has 0 bridgehead atoms. The fourth-order valence-corrected chi connectivity index (χ4v) is 5.37. The number of anilines is 3. The Morgan fingerprint density at radius 3 is 1.92 bits per heavy atom. The zero-order chi connectivity index (χ0) is 26.5. The molecule has 0 fully saturated rings. The molecule has 0 aliphatic carbocycles. The lowest BCUT2D eigenvalue weighted by Gasteiger charge is -2.33. The van der Waals surface area contributed by atoms with Crippen LogP contribution in [-0.4, -0.2) is 4.98 Å². The summed E-state index contributed by atoms with van der Waals surface area (Å²) in [4.78, 5) is 7.49. The van der Waals surface area contributed by atoms with Crippen molar-refractivity contribution >= 4 is 28.0 Å². The second-order valence-corrected chi connectivity index (χ2v) is 9.93. The van der Waals surface area contributed by atoms with Crippen molar-refractivity contribution in [2.45, 2.75) is 13.8 Å². The lowest BCUT2D eigenvalue weighted by molar-refractivity contribution is 0.477. The molecule has 4 heteroatoms. The third kappa shape index (κ3) is 3.93. The van der Waals surface area contributed by atoms with Crippen molar-refractivity contribution in [2.75, 3.05) is 4.90 Å². The summed E-state index contributed by atoms with van der Waals surface area (Å²) in [6.07, 6.45) is 0. The number of fused-ring (bicyclic) bond motifs is 3. The number of aryl methyl sites for hydroxylation is 2. The van der Waals surface area contributed by atoms with Crippen molar-refractivity contribution in [3.8, 4) is 33.9 Å². The Labute approximate surface area is 226 Å². The molecule has 0 saturated carbocycles. The van der Waals surface area contributed by atoms with Gasteiger partial charge in [0.2, 0.25) is 0 Å². The molecule has 7 rings (SSSR count). The minimum Gasteiger partial charge on any atom is -0.453 e. The summed E-state index contributed by atoms with van der Waals surface area (Å²) >= 11 is 0. The number of hydrogen-bond acceptors (Lipinski definition) is 3. The van der Waals surface area contributed by atoms with E-state index in [4.69, 9.17) is 9.72 Å². The molecule has 0 amide bonds. The standard InChI is InChI=1S/C35H25FN2O/c1-22-11-14-24(15-12-22)27-21-28(25-16-18-26(36)19-17-25)37-35-31(20-13-23(2)34(27)35)38-29-7-3-5-9-32(29)39-33-10-6-4-8-30(33)38/h3-21H,1-2H3. The van der Waals surface area contributed by atoms with E-state index in [1.54, 1.807) is 12.1 Å². The van der Waals surface area contributed by atoms with Crippen LogP contribution in [0, 0.1) is 19.7 Å². The van der Waals surface area contributed by atoms with Crippen molar-refractivity contribution in [3.05, 3.63) is 132 Å². The number of ether oxygens (including phenoxy) is 1. The minimum atomic E-state index is -0.267. The topological polar surface area (TPSA) is 25.4 Å². The maximum Gasteiger partial charge on any atom is 0.151 e. The van der Waals surface area contributed by atoms with Gasteiger partial charge in [0, 0.05) is 10.9 Å². The molecule has 0 N–H and O–H groups in total. The Hall–Kier alpha value is -4.96. The second kappa shape index (κ2) is 9.10. The predicted molar refractivity (Wildman–Crippen MR) is 157 cm³/mol. The molecule has 6 aromatic rings. The Morgan fingerprint density at radius 2 is 1.26 bits per heavy atom. The molecule has 0 spiro atoms. The Kier molecular flexibility index (Phi) is 5.41. The van der Waals surface area contributed by atoms with Crippen LogP contribution >= 0.6 is 0 Å². The Morgan fingerprint density at radius 1 is 0.641 bits per heavy atom. The zero-order valence-electron chi connectivity index (χ0n) is 21.7. The molecule has 0 unspecified atom stereocenters. The van der Waals surface area contributed by atoms with E-state index >= 15 is 0 Å². The third-order valence-electron chi connectivity index (χ3n) is 7.32. The predicted octanol–water partition coefficient (Wildman–Crippen LogP) is 9.90. The maximum atomic E-state index is 13.8. The van der Waals surface area contributed by atoms with Crippen molar-refractivity contribution in [1.82, 2.24) is 4.98 Å². The smallest absolute Gasteiger partial charge is 0.151 e. The van der Waals surface area contributed by atoms with Crippen LogP contribution in [0.4, 0.5) is 21.5 Å². The first-order chi connectivity index (χ1) is 19.1. The maximum absolute atomic E-state index is 13.8. The molecule has 0 atom stereocenters. The number of benzene rings is 5. The monoisotopic (exact) mass is 508 g/mol. The van der Waals surface area contributed by atoms with Gasteiger partial charge in [-0.05, 0) is 91.2 Å². The summed E-state index contributed by atoms with van der Waals surface area (Å²) in [5.74, 6) is 1.31. The van der Waals surface area contributed by atoms with Crippen LogP contribution in [0.15, 0.2) is 115 Å². The van der Waals surface area contributed by atoms with Crippen LogP contribution in [0.25, 0.3) is 33.3 Å². The fourth-order valence-electron chi connectivity index (χ4n) is 5.37. The fraction of sp³-hybridized carbons (Fsp3) is 0.0571. The van der Waals surface area contributed by atoms with E-state index in [9.17, 15) is 4.39 Å². The number of aromatic nitrogens is 1. The van der Waals surface area contributed by atoms with Gasteiger partial charge >= 0.3 is 0 Å². The molecule has 0 radical (unpaired) electrons. The average molecular weight is 509 g/mol. The van der Waals surface area contributed by atoms with E-state index in [0.29, 0.717) is 0 Å². The lowest BCUT2D eigenvalue weighted by atomic mass is 9.94. The molecule has 188 valence electrons. The molecule has 3 nitrogen and oxygen atoms in total. The van der Waals surface area contributed by atoms with E-state index in [2.05, 4.69) is 73.3 Å². The summed E-state index contributed by atoms with van der Waals surface area (Å²) in [5.41, 5.74) is 9.93. The first-order valence-corrected chi connectivity index (χ1v) is 13.0. The normalized spacial score (nSPS) is 12.1. The van der Waals surface area contributed by atoms with E-state index in [-0.39, 0.29) is 5.82 Å². The first kappa shape index (κ1) is 23.2. The molecular weight excluding hydrogens is 483 g/mol. The highest BCUT2D eigenvalue weighted by molar-refractivity contribution is 6.07. The number of hydrogen-bond donors (Lipinski definition) is 0. The van der Waals surface area contributed by atoms with Gasteiger partial charge in [0.25, 0.3) is 0 Å². The van der Waals surface area contributed by atoms with Gasteiger partial charge in [-0.15, -0.1) is 0 Å². The van der Waals surface area contributed by atoms with Crippen molar-refractivity contribution in [3.63, 3.8) is 0 Å². The highest BCUT2D eigenvalue weighted by atomic mass is 19.1. The third-order valence-corrected chi connectivity index (χ3v) is 7.32. The van der Waals surface area contributed by atoms with Crippen LogP contribution in [0.1, 0.15) is 11.1 Å². The van der Waals surface area contributed by atoms with Gasteiger partial charge < -0.3 is 9.64 Å². The summed E-state index contributed by atoms with van der Waals surface area (Å²) in [6.45, 7) is 4.22. The zero-order valence-corrected chi connectivity index (χ0v) is 21.7. The highest BCUT2D eigenvalue weighted by Gasteiger charge is 2.28. The van der Waals surface area contributed by atoms with E-state index < -0.39 is 0 Å². The summed E-state index contributed by atoms with van der Waals surface area (Å²) < 4.78 is 20.1. The van der Waals surface area contributed by atoms with Crippen molar-refractivity contribution in [2.24, 2.45) is 0 Å². The molecule has 5 aromatic carbocycles. The number of halogens is 1. The second-order valence-electron chi connectivity index (χ2n) is 9.93. The molecule has 1 aromatic heterocycles. The largest absolute Gasteiger partial charge is 0.453 e. The molecule has 1 aliphatic rings. The SMILES string of the molecule is Cc1ccc(-c2cc(-c3ccc(F)cc3)nc3c(N4c5ccccc5Oc5ccccc54)ccc(C)c23)cc1. The lowest BCUT2D eigenvalue weighted by Crippen LogP contribution is -2.16. The van der Waals surface area contributed by atoms with Crippen molar-refractivity contribution < 1.29 is 9.13 Å². The van der Waals surface area contributed by atoms with Crippen LogP contribution in [0.5, 0.6) is 11.5 Å². The molecule has 1 aliphatic heterocycles. The number of nitrogens with zero attached hydrogens (tertiary/aromatic N) is 2. The summed E-state index contributed by atoms with van der Waals surface area (Å²) in [5, 5.41) is 1.09. The van der Waals surface area contributed by atoms with Gasteiger partial charge in [0.1, 0.15) is 5.82 Å². The van der Waals surface area contributed by atoms with Gasteiger partial charge in [-0.1, -0.05) is 60.2 Å². The quantitative estimate of drug-likeness (QED) is 0.237. The van der Waals surface area contributed by atoms with Gasteiger partial charge in [0.15, 0.2) is 11.5 Å². The van der Waals surface area contributed by atoms with Gasteiger partial charge in [-0.2, -0.15) is 0 Å². The van der Waals surface area contributed by atoms with Crippen LogP contribution in [0.3, 0.4) is 0 Å². The van der Waals surface area contributed by atoms with Crippen molar-refractivity contribution in [1.29, 1.82) is 0 Å². The number of rotatable bonds is 3. The van der Waals surface area contributed by atoms with E-state index in [1.807, 2.05) is 36.4 Å². The molecule has 39 heavy (non-hydrogen) atoms.